The summed E-state index contributed by atoms with van der Waals surface area (Å²) < 4.78 is 19.0. The summed E-state index contributed by atoms with van der Waals surface area (Å²) in [5.41, 5.74) is 0.565. The molecule has 1 rings (SSSR count). The molecule has 0 bridgehead atoms. The molecule has 4 heteroatoms. The zero-order valence-corrected chi connectivity index (χ0v) is 10.6. The molecule has 0 saturated carbocycles. The van der Waals surface area contributed by atoms with Crippen LogP contribution in [0.15, 0.2) is 18.2 Å². The summed E-state index contributed by atoms with van der Waals surface area (Å²) in [6.07, 6.45) is 0.617. The fourth-order valence-corrected chi connectivity index (χ4v) is 1.76. The van der Waals surface area contributed by atoms with Crippen LogP contribution in [0.25, 0.3) is 0 Å². The van der Waals surface area contributed by atoms with Crippen molar-refractivity contribution in [1.82, 2.24) is 0 Å². The van der Waals surface area contributed by atoms with E-state index in [1.165, 1.54) is 6.07 Å². The van der Waals surface area contributed by atoms with Crippen molar-refractivity contribution in [2.24, 2.45) is 0 Å². The second-order valence-electron chi connectivity index (χ2n) is 3.04. The number of esters is 1. The van der Waals surface area contributed by atoms with Gasteiger partial charge in [-0.1, -0.05) is 0 Å². The number of halogens is 2. The molecule has 1 aromatic rings. The van der Waals surface area contributed by atoms with Gasteiger partial charge in [0.25, 0.3) is 0 Å². The van der Waals surface area contributed by atoms with Crippen molar-refractivity contribution in [2.75, 3.05) is 6.61 Å². The van der Waals surface area contributed by atoms with Crippen molar-refractivity contribution in [1.29, 1.82) is 0 Å². The molecule has 0 aliphatic heterocycles. The van der Waals surface area contributed by atoms with Gasteiger partial charge in [0, 0.05) is 9.99 Å². The maximum atomic E-state index is 13.3. The van der Waals surface area contributed by atoms with Gasteiger partial charge in [-0.25, -0.2) is 4.39 Å². The minimum Gasteiger partial charge on any atom is -0.466 e. The van der Waals surface area contributed by atoms with E-state index in [2.05, 4.69) is 22.6 Å². The first-order chi connectivity index (χ1) is 7.13. The Morgan fingerprint density at radius 2 is 2.27 bits per heavy atom. The molecule has 0 fully saturated rings. The van der Waals surface area contributed by atoms with E-state index in [0.717, 1.165) is 3.57 Å². The molecule has 1 aromatic carbocycles. The lowest BCUT2D eigenvalue weighted by Crippen LogP contribution is -2.06. The molecule has 0 aliphatic rings. The maximum absolute atomic E-state index is 13.3. The number of hydrogen-bond donors (Lipinski definition) is 0. The summed E-state index contributed by atoms with van der Waals surface area (Å²) in [6, 6.07) is 4.86. The van der Waals surface area contributed by atoms with Crippen LogP contribution in [0.1, 0.15) is 18.9 Å². The first kappa shape index (κ1) is 12.4. The van der Waals surface area contributed by atoms with Crippen LogP contribution in [-0.4, -0.2) is 12.6 Å². The number of aryl methyl sites for hydroxylation is 1. The third-order valence-corrected chi connectivity index (χ3v) is 2.58. The largest absolute Gasteiger partial charge is 0.466 e. The second kappa shape index (κ2) is 6.05. The molecule has 82 valence electrons. The van der Waals surface area contributed by atoms with Crippen LogP contribution in [-0.2, 0) is 16.0 Å². The highest BCUT2D eigenvalue weighted by molar-refractivity contribution is 14.1. The summed E-state index contributed by atoms with van der Waals surface area (Å²) in [5.74, 6) is -0.546. The van der Waals surface area contributed by atoms with Crippen LogP contribution in [0.4, 0.5) is 4.39 Å². The third kappa shape index (κ3) is 4.15. The Kier molecular flexibility index (Phi) is 5.01. The molecule has 0 N–H and O–H groups in total. The van der Waals surface area contributed by atoms with Crippen molar-refractivity contribution in [3.63, 3.8) is 0 Å². The van der Waals surface area contributed by atoms with Gasteiger partial charge in [-0.05, 0) is 59.7 Å². The maximum Gasteiger partial charge on any atom is 0.306 e. The average molecular weight is 322 g/mol. The zero-order chi connectivity index (χ0) is 11.3. The molecule has 0 saturated heterocycles. The molecular weight excluding hydrogens is 310 g/mol. The van der Waals surface area contributed by atoms with Gasteiger partial charge in [-0.15, -0.1) is 0 Å². The fraction of sp³-hybridized carbons (Fsp3) is 0.364. The summed E-state index contributed by atoms with van der Waals surface area (Å²) >= 11 is 2.11. The number of hydrogen-bond acceptors (Lipinski definition) is 2. The molecule has 0 aromatic heterocycles. The van der Waals surface area contributed by atoms with Gasteiger partial charge < -0.3 is 4.74 Å². The van der Waals surface area contributed by atoms with E-state index < -0.39 is 0 Å². The molecule has 0 aliphatic carbocycles. The normalized spacial score (nSPS) is 10.1. The number of rotatable bonds is 4. The minimum atomic E-state index is -0.282. The average Bonchev–Trinajstić information content (AvgIpc) is 2.20. The van der Waals surface area contributed by atoms with E-state index in [4.69, 9.17) is 4.74 Å². The molecule has 15 heavy (non-hydrogen) atoms. The highest BCUT2D eigenvalue weighted by Gasteiger charge is 2.06. The highest BCUT2D eigenvalue weighted by Crippen LogP contribution is 2.14. The number of ether oxygens (including phenoxy) is 1. The van der Waals surface area contributed by atoms with Crippen LogP contribution >= 0.6 is 22.6 Å². The number of carbonyl (C=O) groups excluding carboxylic acids is 1. The van der Waals surface area contributed by atoms with E-state index in [-0.39, 0.29) is 18.2 Å². The Morgan fingerprint density at radius 1 is 1.53 bits per heavy atom. The molecule has 0 atom stereocenters. The predicted molar refractivity (Wildman–Crippen MR) is 64.1 cm³/mol. The monoisotopic (exact) mass is 322 g/mol. The summed E-state index contributed by atoms with van der Waals surface area (Å²) in [4.78, 5) is 11.1. The van der Waals surface area contributed by atoms with E-state index in [0.29, 0.717) is 18.6 Å². The Hall–Kier alpha value is -0.650. The van der Waals surface area contributed by atoms with Crippen LogP contribution in [0.5, 0.6) is 0 Å². The minimum absolute atomic E-state index is 0.227. The second-order valence-corrected chi connectivity index (χ2v) is 4.29. The van der Waals surface area contributed by atoms with Crippen molar-refractivity contribution in [3.8, 4) is 0 Å². The lowest BCUT2D eigenvalue weighted by molar-refractivity contribution is -0.143. The van der Waals surface area contributed by atoms with Gasteiger partial charge in [0.1, 0.15) is 5.82 Å². The van der Waals surface area contributed by atoms with Gasteiger partial charge in [-0.2, -0.15) is 0 Å². The predicted octanol–water partition coefficient (Wildman–Crippen LogP) is 2.93. The Bertz CT molecular complexity index is 352. The smallest absolute Gasteiger partial charge is 0.306 e. The molecule has 0 amide bonds. The quantitative estimate of drug-likeness (QED) is 0.629. The SMILES string of the molecule is CCOC(=O)CCc1cc(I)ccc1F. The molecule has 2 nitrogen and oxygen atoms in total. The molecule has 0 heterocycles. The van der Waals surface area contributed by atoms with E-state index in [9.17, 15) is 9.18 Å². The van der Waals surface area contributed by atoms with Gasteiger partial charge in [0.15, 0.2) is 0 Å². The standard InChI is InChI=1S/C11H12FIO2/c1-2-15-11(14)6-3-8-7-9(13)4-5-10(8)12/h4-5,7H,2-3,6H2,1H3. The number of benzene rings is 1. The number of carbonyl (C=O) groups is 1. The molecular formula is C11H12FIO2. The molecule has 0 radical (unpaired) electrons. The van der Waals surface area contributed by atoms with E-state index in [1.807, 2.05) is 0 Å². The van der Waals surface area contributed by atoms with Gasteiger partial charge in [0.05, 0.1) is 6.61 Å². The van der Waals surface area contributed by atoms with Crippen LogP contribution < -0.4 is 0 Å². The Labute approximate surface area is 102 Å². The van der Waals surface area contributed by atoms with E-state index >= 15 is 0 Å². The molecule has 0 spiro atoms. The topological polar surface area (TPSA) is 26.3 Å². The van der Waals surface area contributed by atoms with Crippen LogP contribution in [0.3, 0.4) is 0 Å². The summed E-state index contributed by atoms with van der Waals surface area (Å²) in [5, 5.41) is 0. The summed E-state index contributed by atoms with van der Waals surface area (Å²) in [7, 11) is 0. The van der Waals surface area contributed by atoms with Crippen molar-refractivity contribution in [2.45, 2.75) is 19.8 Å². The zero-order valence-electron chi connectivity index (χ0n) is 8.43. The fourth-order valence-electron chi connectivity index (χ4n) is 1.20. The lowest BCUT2D eigenvalue weighted by Gasteiger charge is -2.04. The van der Waals surface area contributed by atoms with Gasteiger partial charge in [-0.3, -0.25) is 4.79 Å². The van der Waals surface area contributed by atoms with Crippen LogP contribution in [0, 0.1) is 9.39 Å². The lowest BCUT2D eigenvalue weighted by atomic mass is 10.1. The first-order valence-electron chi connectivity index (χ1n) is 4.73. The Morgan fingerprint density at radius 3 is 2.93 bits per heavy atom. The van der Waals surface area contributed by atoms with Crippen molar-refractivity contribution >= 4 is 28.6 Å². The van der Waals surface area contributed by atoms with Crippen molar-refractivity contribution in [3.05, 3.63) is 33.1 Å². The first-order valence-corrected chi connectivity index (χ1v) is 5.81. The van der Waals surface area contributed by atoms with E-state index in [1.54, 1.807) is 19.1 Å². The third-order valence-electron chi connectivity index (χ3n) is 1.91. The van der Waals surface area contributed by atoms with Crippen molar-refractivity contribution < 1.29 is 13.9 Å². The van der Waals surface area contributed by atoms with Gasteiger partial charge >= 0.3 is 5.97 Å². The van der Waals surface area contributed by atoms with Gasteiger partial charge in [0.2, 0.25) is 0 Å². The highest BCUT2D eigenvalue weighted by atomic mass is 127. The van der Waals surface area contributed by atoms with Crippen LogP contribution in [0.2, 0.25) is 0 Å². The Balaban J connectivity index is 2.57. The summed E-state index contributed by atoms with van der Waals surface area (Å²) in [6.45, 7) is 2.12. The molecule has 0 unspecified atom stereocenters.